The minimum absolute atomic E-state index is 0. The number of hydrogen-bond donors (Lipinski definition) is 1. The minimum Gasteiger partial charge on any atom is -0.496 e. The summed E-state index contributed by atoms with van der Waals surface area (Å²) in [6, 6.07) is 10.9. The number of carbonyl (C=O) groups excluding carboxylic acids is 2. The Kier molecular flexibility index (Phi) is 7.65. The van der Waals surface area contributed by atoms with Gasteiger partial charge in [-0.25, -0.2) is 5.01 Å². The largest absolute Gasteiger partial charge is 0.496 e. The molecule has 0 fully saturated rings. The third-order valence-corrected chi connectivity index (χ3v) is 4.30. The second-order valence-corrected chi connectivity index (χ2v) is 7.76. The highest BCUT2D eigenvalue weighted by molar-refractivity contribution is 6.00. The van der Waals surface area contributed by atoms with Crippen LogP contribution in [0.1, 0.15) is 58.2 Å². The van der Waals surface area contributed by atoms with Gasteiger partial charge < -0.3 is 4.74 Å². The molecule has 2 rings (SSSR count). The molecular formula is C22H29ClN2O3. The zero-order valence-corrected chi connectivity index (χ0v) is 18.4. The number of amides is 2. The van der Waals surface area contributed by atoms with Crippen LogP contribution >= 0.6 is 12.4 Å². The van der Waals surface area contributed by atoms with Gasteiger partial charge in [-0.15, -0.1) is 12.4 Å². The Bertz CT molecular complexity index is 852. The number of rotatable bonds is 3. The predicted octanol–water partition coefficient (Wildman–Crippen LogP) is 4.63. The van der Waals surface area contributed by atoms with E-state index in [1.165, 1.54) is 5.01 Å². The Morgan fingerprint density at radius 2 is 1.57 bits per heavy atom. The molecule has 5 nitrogen and oxygen atoms in total. The molecule has 2 aromatic rings. The molecule has 0 aliphatic heterocycles. The minimum atomic E-state index is -0.600. The summed E-state index contributed by atoms with van der Waals surface area (Å²) in [7, 11) is 1.56. The number of carbonyl (C=O) groups is 2. The SMILES string of the molecule is COc1cccc(C(=O)NN(C(=O)c2cc(C)cc(C)c2)C(C)(C)C)c1C.Cl. The van der Waals surface area contributed by atoms with Gasteiger partial charge in [-0.05, 0) is 65.8 Å². The molecule has 6 heteroatoms. The maximum Gasteiger partial charge on any atom is 0.272 e. The van der Waals surface area contributed by atoms with E-state index in [2.05, 4.69) is 5.43 Å². The second kappa shape index (κ2) is 9.11. The van der Waals surface area contributed by atoms with E-state index >= 15 is 0 Å². The topological polar surface area (TPSA) is 58.6 Å². The Labute approximate surface area is 173 Å². The van der Waals surface area contributed by atoms with Gasteiger partial charge in [-0.1, -0.05) is 23.3 Å². The van der Waals surface area contributed by atoms with Gasteiger partial charge in [0, 0.05) is 16.7 Å². The van der Waals surface area contributed by atoms with Gasteiger partial charge >= 0.3 is 0 Å². The first-order chi connectivity index (χ1) is 12.5. The molecule has 0 saturated carbocycles. The number of nitrogens with zero attached hydrogens (tertiary/aromatic N) is 1. The number of ether oxygens (including phenoxy) is 1. The maximum atomic E-state index is 13.2. The van der Waals surface area contributed by atoms with Crippen molar-refractivity contribution in [3.63, 3.8) is 0 Å². The lowest BCUT2D eigenvalue weighted by Gasteiger charge is -2.35. The number of nitrogens with one attached hydrogen (secondary N) is 1. The molecule has 0 aliphatic rings. The van der Waals surface area contributed by atoms with Crippen LogP contribution < -0.4 is 10.2 Å². The van der Waals surface area contributed by atoms with Crippen molar-refractivity contribution in [3.8, 4) is 5.75 Å². The van der Waals surface area contributed by atoms with Crippen molar-refractivity contribution in [2.75, 3.05) is 7.11 Å². The van der Waals surface area contributed by atoms with Gasteiger partial charge in [0.25, 0.3) is 11.8 Å². The van der Waals surface area contributed by atoms with E-state index in [4.69, 9.17) is 4.74 Å². The normalized spacial score (nSPS) is 10.7. The van der Waals surface area contributed by atoms with Crippen molar-refractivity contribution < 1.29 is 14.3 Å². The molecule has 0 spiro atoms. The van der Waals surface area contributed by atoms with E-state index in [0.717, 1.165) is 16.7 Å². The first-order valence-corrected chi connectivity index (χ1v) is 8.92. The van der Waals surface area contributed by atoms with E-state index in [1.54, 1.807) is 25.3 Å². The average molecular weight is 405 g/mol. The summed E-state index contributed by atoms with van der Waals surface area (Å²) in [6.45, 7) is 11.4. The van der Waals surface area contributed by atoms with Crippen LogP contribution in [0, 0.1) is 20.8 Å². The molecule has 1 N–H and O–H groups in total. The first kappa shape index (κ1) is 23.5. The molecule has 0 bridgehead atoms. The highest BCUT2D eigenvalue weighted by Gasteiger charge is 2.30. The van der Waals surface area contributed by atoms with Gasteiger partial charge in [0.2, 0.25) is 0 Å². The Hall–Kier alpha value is -2.53. The molecule has 0 aromatic heterocycles. The van der Waals surface area contributed by atoms with Gasteiger partial charge in [0.05, 0.1) is 12.6 Å². The van der Waals surface area contributed by atoms with E-state index in [9.17, 15) is 9.59 Å². The fourth-order valence-corrected chi connectivity index (χ4v) is 2.99. The van der Waals surface area contributed by atoms with E-state index in [-0.39, 0.29) is 24.2 Å². The van der Waals surface area contributed by atoms with Crippen molar-refractivity contribution in [2.45, 2.75) is 47.1 Å². The second-order valence-electron chi connectivity index (χ2n) is 7.76. The number of halogens is 1. The molecule has 0 radical (unpaired) electrons. The number of benzene rings is 2. The molecule has 0 saturated heterocycles. The van der Waals surface area contributed by atoms with Crippen molar-refractivity contribution in [1.29, 1.82) is 0 Å². The van der Waals surface area contributed by atoms with Gasteiger partial charge in [-0.3, -0.25) is 15.0 Å². The van der Waals surface area contributed by atoms with E-state index < -0.39 is 5.54 Å². The van der Waals surface area contributed by atoms with Gasteiger partial charge in [0.1, 0.15) is 5.75 Å². The molecule has 2 aromatic carbocycles. The summed E-state index contributed by atoms with van der Waals surface area (Å²) < 4.78 is 5.29. The predicted molar refractivity (Wildman–Crippen MR) is 114 cm³/mol. The number of hydrazine groups is 1. The lowest BCUT2D eigenvalue weighted by atomic mass is 10.0. The Morgan fingerprint density at radius 1 is 1.00 bits per heavy atom. The molecule has 152 valence electrons. The Morgan fingerprint density at radius 3 is 2.07 bits per heavy atom. The maximum absolute atomic E-state index is 13.2. The van der Waals surface area contributed by atoms with Crippen LogP contribution in [0.4, 0.5) is 0 Å². The van der Waals surface area contributed by atoms with Gasteiger partial charge in [0.15, 0.2) is 0 Å². The van der Waals surface area contributed by atoms with Crippen LogP contribution in [0.25, 0.3) is 0 Å². The summed E-state index contributed by atoms with van der Waals surface area (Å²) in [4.78, 5) is 26.1. The summed E-state index contributed by atoms with van der Waals surface area (Å²) in [5.41, 5.74) is 5.94. The van der Waals surface area contributed by atoms with Crippen LogP contribution in [0.2, 0.25) is 0 Å². The quantitative estimate of drug-likeness (QED) is 0.759. The third kappa shape index (κ3) is 5.26. The first-order valence-electron chi connectivity index (χ1n) is 8.92. The fourth-order valence-electron chi connectivity index (χ4n) is 2.99. The van der Waals surface area contributed by atoms with Crippen molar-refractivity contribution in [1.82, 2.24) is 10.4 Å². The van der Waals surface area contributed by atoms with Crippen LogP contribution in [-0.4, -0.2) is 29.5 Å². The number of aryl methyl sites for hydroxylation is 2. The molecule has 0 aliphatic carbocycles. The van der Waals surface area contributed by atoms with Crippen LogP contribution in [0.15, 0.2) is 36.4 Å². The third-order valence-electron chi connectivity index (χ3n) is 4.30. The van der Waals surface area contributed by atoms with Gasteiger partial charge in [-0.2, -0.15) is 0 Å². The highest BCUT2D eigenvalue weighted by Crippen LogP contribution is 2.22. The fraction of sp³-hybridized carbons (Fsp3) is 0.364. The lowest BCUT2D eigenvalue weighted by Crippen LogP contribution is -2.56. The number of methoxy groups -OCH3 is 1. The highest BCUT2D eigenvalue weighted by atomic mass is 35.5. The zero-order valence-electron chi connectivity index (χ0n) is 17.5. The van der Waals surface area contributed by atoms with Crippen molar-refractivity contribution in [3.05, 3.63) is 64.2 Å². The Balaban J connectivity index is 0.00000392. The smallest absolute Gasteiger partial charge is 0.272 e. The average Bonchev–Trinajstić information content (AvgIpc) is 2.57. The van der Waals surface area contributed by atoms with Crippen molar-refractivity contribution >= 4 is 24.2 Å². The van der Waals surface area contributed by atoms with Crippen molar-refractivity contribution in [2.24, 2.45) is 0 Å². The number of hydrogen-bond acceptors (Lipinski definition) is 3. The van der Waals surface area contributed by atoms with Crippen LogP contribution in [0.3, 0.4) is 0 Å². The molecule has 0 atom stereocenters. The molecular weight excluding hydrogens is 376 g/mol. The summed E-state index contributed by atoms with van der Waals surface area (Å²) >= 11 is 0. The van der Waals surface area contributed by atoms with E-state index in [0.29, 0.717) is 16.9 Å². The zero-order chi connectivity index (χ0) is 20.4. The molecule has 2 amide bonds. The summed E-state index contributed by atoms with van der Waals surface area (Å²) in [5.74, 6) is 0.0350. The van der Waals surface area contributed by atoms with Crippen LogP contribution in [0.5, 0.6) is 5.75 Å². The monoisotopic (exact) mass is 404 g/mol. The molecule has 0 unspecified atom stereocenters. The lowest BCUT2D eigenvalue weighted by molar-refractivity contribution is 0.0358. The standard InChI is InChI=1S/C22H28N2O3.ClH/c1-14-11-15(2)13-17(12-14)21(26)24(22(4,5)6)23-20(25)18-9-8-10-19(27-7)16(18)3;/h8-13H,1-7H3,(H,23,25);1H. The van der Waals surface area contributed by atoms with Crippen LogP contribution in [-0.2, 0) is 0 Å². The summed E-state index contributed by atoms with van der Waals surface area (Å²) in [6.07, 6.45) is 0. The molecule has 28 heavy (non-hydrogen) atoms. The van der Waals surface area contributed by atoms with E-state index in [1.807, 2.05) is 59.7 Å². The summed E-state index contributed by atoms with van der Waals surface area (Å²) in [5, 5.41) is 1.39. The molecule has 0 heterocycles.